The van der Waals surface area contributed by atoms with Gasteiger partial charge in [0.15, 0.2) is 5.78 Å². The molecule has 248 valence electrons. The lowest BCUT2D eigenvalue weighted by atomic mass is 10.2. The quantitative estimate of drug-likeness (QED) is 0.0824. The molecular weight excluding hydrogens is 629 g/mol. The largest absolute Gasteiger partial charge is 0.527 e. The van der Waals surface area contributed by atoms with Crippen molar-refractivity contribution in [3.05, 3.63) is 0 Å². The van der Waals surface area contributed by atoms with Crippen LogP contribution in [-0.4, -0.2) is 104 Å². The molecule has 0 aliphatic rings. The van der Waals surface area contributed by atoms with E-state index in [1.807, 2.05) is 0 Å². The molecule has 0 aliphatic heterocycles. The number of hydrogen-bond donors (Lipinski definition) is 1. The van der Waals surface area contributed by atoms with Gasteiger partial charge in [0.2, 0.25) is 0 Å². The van der Waals surface area contributed by atoms with E-state index in [-0.39, 0.29) is 25.3 Å². The van der Waals surface area contributed by atoms with E-state index >= 15 is 0 Å². The van der Waals surface area contributed by atoms with E-state index in [2.05, 4.69) is 9.47 Å². The molecule has 0 saturated heterocycles. The van der Waals surface area contributed by atoms with Crippen LogP contribution >= 0.6 is 0 Å². The van der Waals surface area contributed by atoms with Crippen LogP contribution in [0.4, 0.5) is 39.5 Å². The van der Waals surface area contributed by atoms with Gasteiger partial charge >= 0.3 is 42.5 Å². The van der Waals surface area contributed by atoms with Crippen molar-refractivity contribution < 1.29 is 85.1 Å². The Hall–Kier alpha value is -0.926. The molecule has 11 nitrogen and oxygen atoms in total. The van der Waals surface area contributed by atoms with Gasteiger partial charge in [0.05, 0.1) is 0 Å². The summed E-state index contributed by atoms with van der Waals surface area (Å²) in [4.78, 5) is 11.5. The fourth-order valence-electron chi connectivity index (χ4n) is 2.77. The molecule has 0 aromatic carbocycles. The standard InChI is InChI=1S/C13H19F9O7Si.C6H17NO3Si/c1-24-30(25-2,26-3)7-5-4-6-9(23)8-27-13(21,22)29-11(16,17)10(14,15)28-12(18,19)20;1-8-11(9-2,10-3)6-4-5-7/h4-8H2,1-3H3;4-7H2,1-3H3. The molecule has 0 unspecified atom stereocenters. The first-order chi connectivity index (χ1) is 18.7. The third-order valence-electron chi connectivity index (χ3n) is 4.97. The van der Waals surface area contributed by atoms with Crippen LogP contribution < -0.4 is 5.73 Å². The third-order valence-corrected chi connectivity index (χ3v) is 10.6. The maximum atomic E-state index is 13.1. The summed E-state index contributed by atoms with van der Waals surface area (Å²) in [5.74, 6) is -1.06. The molecule has 0 heterocycles. The Bertz CT molecular complexity index is 715. The zero-order chi connectivity index (χ0) is 32.6. The zero-order valence-corrected chi connectivity index (χ0v) is 25.2. The lowest BCUT2D eigenvalue weighted by molar-refractivity contribution is -0.554. The molecule has 0 spiro atoms. The summed E-state index contributed by atoms with van der Waals surface area (Å²) >= 11 is 0. The second-order valence-electron chi connectivity index (χ2n) is 7.66. The minimum atomic E-state index is -6.50. The molecule has 2 N–H and O–H groups in total. The van der Waals surface area contributed by atoms with Gasteiger partial charge in [0, 0.05) is 61.2 Å². The van der Waals surface area contributed by atoms with E-state index in [1.165, 1.54) is 21.3 Å². The molecular formula is C19H36F9NO10Si2. The first-order valence-corrected chi connectivity index (χ1v) is 15.3. The lowest BCUT2D eigenvalue weighted by Crippen LogP contribution is -2.51. The number of unbranched alkanes of at least 4 members (excludes halogenated alkanes) is 1. The van der Waals surface area contributed by atoms with Crippen LogP contribution in [0, 0.1) is 0 Å². The van der Waals surface area contributed by atoms with E-state index in [0.29, 0.717) is 6.54 Å². The van der Waals surface area contributed by atoms with E-state index in [4.69, 9.17) is 32.3 Å². The highest BCUT2D eigenvalue weighted by Crippen LogP contribution is 2.43. The van der Waals surface area contributed by atoms with Crippen molar-refractivity contribution >= 4 is 23.4 Å². The fourth-order valence-corrected chi connectivity index (χ4v) is 6.32. The second kappa shape index (κ2) is 18.7. The van der Waals surface area contributed by atoms with Gasteiger partial charge in [-0.3, -0.25) is 9.53 Å². The normalized spacial score (nSPS) is 13.7. The average Bonchev–Trinajstić information content (AvgIpc) is 2.87. The lowest BCUT2D eigenvalue weighted by Gasteiger charge is -2.28. The molecule has 0 atom stereocenters. The smallest absolute Gasteiger partial charge is 0.377 e. The summed E-state index contributed by atoms with van der Waals surface area (Å²) in [6.45, 7) is -0.902. The molecule has 0 aliphatic carbocycles. The Morgan fingerprint density at radius 3 is 1.39 bits per heavy atom. The fraction of sp³-hybridized carbons (Fsp3) is 0.947. The van der Waals surface area contributed by atoms with Gasteiger partial charge in [0.1, 0.15) is 6.61 Å². The van der Waals surface area contributed by atoms with Gasteiger partial charge in [-0.05, 0) is 25.8 Å². The van der Waals surface area contributed by atoms with Crippen molar-refractivity contribution in [2.24, 2.45) is 5.73 Å². The number of alkyl halides is 9. The third kappa shape index (κ3) is 16.5. The zero-order valence-electron chi connectivity index (χ0n) is 23.2. The number of ether oxygens (including phenoxy) is 3. The van der Waals surface area contributed by atoms with Crippen molar-refractivity contribution in [2.45, 2.75) is 62.6 Å². The van der Waals surface area contributed by atoms with Crippen LogP contribution in [0.5, 0.6) is 0 Å². The number of halogens is 9. The monoisotopic (exact) mass is 665 g/mol. The van der Waals surface area contributed by atoms with E-state index in [0.717, 1.165) is 12.5 Å². The number of Topliss-reactive ketones (excluding diaryl/α,β-unsaturated/α-hetero) is 1. The second-order valence-corrected chi connectivity index (χ2v) is 13.8. The van der Waals surface area contributed by atoms with Gasteiger partial charge in [-0.1, -0.05) is 0 Å². The van der Waals surface area contributed by atoms with Crippen LogP contribution in [0.3, 0.4) is 0 Å². The van der Waals surface area contributed by atoms with Crippen LogP contribution in [0.25, 0.3) is 0 Å². The number of carbonyl (C=O) groups excluding carboxylic acids is 1. The molecule has 0 saturated carbocycles. The molecule has 0 bridgehead atoms. The summed E-state index contributed by atoms with van der Waals surface area (Å²) < 4.78 is 151. The summed E-state index contributed by atoms with van der Waals surface area (Å²) in [7, 11) is 3.57. The van der Waals surface area contributed by atoms with Crippen LogP contribution in [0.15, 0.2) is 0 Å². The molecule has 0 radical (unpaired) electrons. The SMILES string of the molecule is CO[Si](CCCCC(=O)COC(F)(F)OC(F)(F)C(F)(F)OC(F)(F)F)(OC)OC.CO[Si](CCCN)(OC)OC. The number of ketones is 1. The van der Waals surface area contributed by atoms with Crippen LogP contribution in [0.2, 0.25) is 12.1 Å². The molecule has 22 heteroatoms. The highest BCUT2D eigenvalue weighted by molar-refractivity contribution is 6.60. The summed E-state index contributed by atoms with van der Waals surface area (Å²) in [6, 6.07) is 1.04. The highest BCUT2D eigenvalue weighted by atomic mass is 28.4. The van der Waals surface area contributed by atoms with Gasteiger partial charge in [-0.25, -0.2) is 9.47 Å². The Morgan fingerprint density at radius 1 is 0.634 bits per heavy atom. The van der Waals surface area contributed by atoms with E-state index in [1.54, 1.807) is 26.1 Å². The minimum Gasteiger partial charge on any atom is -0.377 e. The Labute approximate surface area is 233 Å². The topological polar surface area (TPSA) is 126 Å². The number of carbonyl (C=O) groups is 1. The van der Waals surface area contributed by atoms with Crippen molar-refractivity contribution in [1.29, 1.82) is 0 Å². The van der Waals surface area contributed by atoms with Crippen molar-refractivity contribution in [3.63, 3.8) is 0 Å². The van der Waals surface area contributed by atoms with Gasteiger partial charge in [0.25, 0.3) is 0 Å². The predicted molar refractivity (Wildman–Crippen MR) is 125 cm³/mol. The van der Waals surface area contributed by atoms with Gasteiger partial charge < -0.3 is 32.3 Å². The molecule has 0 aromatic heterocycles. The Morgan fingerprint density at radius 2 is 1.02 bits per heavy atom. The maximum absolute atomic E-state index is 13.1. The van der Waals surface area contributed by atoms with Gasteiger partial charge in [-0.15, -0.1) is 22.0 Å². The first-order valence-electron chi connectivity index (χ1n) is 11.5. The predicted octanol–water partition coefficient (Wildman–Crippen LogP) is 4.12. The van der Waals surface area contributed by atoms with Crippen LogP contribution in [0.1, 0.15) is 25.7 Å². The van der Waals surface area contributed by atoms with E-state index in [9.17, 15) is 44.3 Å². The van der Waals surface area contributed by atoms with Crippen molar-refractivity contribution in [2.75, 3.05) is 55.8 Å². The van der Waals surface area contributed by atoms with Crippen LogP contribution in [-0.2, 0) is 45.6 Å². The Kier molecular flexibility index (Phi) is 19.2. The maximum Gasteiger partial charge on any atom is 0.527 e. The molecule has 0 amide bonds. The Balaban J connectivity index is 0. The van der Waals surface area contributed by atoms with E-state index < -0.39 is 54.9 Å². The average molecular weight is 666 g/mol. The van der Waals surface area contributed by atoms with Gasteiger partial charge in [-0.2, -0.15) is 17.6 Å². The molecule has 0 aromatic rings. The van der Waals surface area contributed by atoms with Crippen molar-refractivity contribution in [3.8, 4) is 0 Å². The molecule has 0 fully saturated rings. The summed E-state index contributed by atoms with van der Waals surface area (Å²) in [5.41, 5.74) is 5.36. The summed E-state index contributed by atoms with van der Waals surface area (Å²) in [6.07, 6.45) is -23.9. The first kappa shape index (κ1) is 42.2. The number of hydrogen-bond acceptors (Lipinski definition) is 11. The number of rotatable bonds is 21. The minimum absolute atomic E-state index is 0.0904. The molecule has 41 heavy (non-hydrogen) atoms. The summed E-state index contributed by atoms with van der Waals surface area (Å²) in [5, 5.41) is 0. The number of nitrogens with two attached hydrogens (primary N) is 1. The highest BCUT2D eigenvalue weighted by Gasteiger charge is 2.68. The van der Waals surface area contributed by atoms with Crippen molar-refractivity contribution in [1.82, 2.24) is 0 Å². The molecule has 0 rings (SSSR count).